The van der Waals surface area contributed by atoms with E-state index in [9.17, 15) is 9.18 Å². The molecule has 1 aliphatic rings. The standard InChI is InChI=1S/C18H25FN6OS/c1-14(2)25-17(20-21-22-25)12-27-13-18(26)24-9-7-23(8-10-24)11-15-3-5-16(19)6-4-15/h3-6,14H,7-13H2,1-2H3. The highest BCUT2D eigenvalue weighted by molar-refractivity contribution is 7.99. The average Bonchev–Trinajstić information content (AvgIpc) is 3.13. The maximum absolute atomic E-state index is 13.0. The molecule has 1 saturated heterocycles. The summed E-state index contributed by atoms with van der Waals surface area (Å²) in [6.07, 6.45) is 0. The van der Waals surface area contributed by atoms with Crippen LogP contribution in [0, 0.1) is 5.82 Å². The van der Waals surface area contributed by atoms with Crippen LogP contribution in [-0.2, 0) is 17.1 Å². The predicted octanol–water partition coefficient (Wildman–Crippen LogP) is 1.97. The molecule has 0 aliphatic carbocycles. The number of rotatable bonds is 7. The molecule has 1 amide bonds. The number of tetrazole rings is 1. The van der Waals surface area contributed by atoms with Crippen LogP contribution in [-0.4, -0.2) is 67.8 Å². The van der Waals surface area contributed by atoms with Crippen molar-refractivity contribution in [1.29, 1.82) is 0 Å². The van der Waals surface area contributed by atoms with E-state index in [0.29, 0.717) is 11.5 Å². The van der Waals surface area contributed by atoms with E-state index in [1.54, 1.807) is 16.4 Å². The Morgan fingerprint density at radius 3 is 2.56 bits per heavy atom. The van der Waals surface area contributed by atoms with Crippen molar-refractivity contribution in [3.05, 3.63) is 41.5 Å². The summed E-state index contributed by atoms with van der Waals surface area (Å²) in [6.45, 7) is 7.96. The van der Waals surface area contributed by atoms with Gasteiger partial charge >= 0.3 is 0 Å². The van der Waals surface area contributed by atoms with Crippen molar-refractivity contribution in [2.45, 2.75) is 32.2 Å². The summed E-state index contributed by atoms with van der Waals surface area (Å²) >= 11 is 1.55. The number of nitrogens with zero attached hydrogens (tertiary/aromatic N) is 6. The van der Waals surface area contributed by atoms with E-state index >= 15 is 0 Å². The van der Waals surface area contributed by atoms with Gasteiger partial charge < -0.3 is 4.90 Å². The van der Waals surface area contributed by atoms with Gasteiger partial charge in [0.05, 0.1) is 17.5 Å². The Hall–Kier alpha value is -2.00. The zero-order chi connectivity index (χ0) is 19.2. The number of thioether (sulfide) groups is 1. The Balaban J connectivity index is 1.39. The molecule has 3 rings (SSSR count). The zero-order valence-corrected chi connectivity index (χ0v) is 16.5. The summed E-state index contributed by atoms with van der Waals surface area (Å²) in [5.74, 6) is 1.80. The molecule has 0 saturated carbocycles. The highest BCUT2D eigenvalue weighted by Gasteiger charge is 2.21. The number of carbonyl (C=O) groups is 1. The van der Waals surface area contributed by atoms with Crippen molar-refractivity contribution in [2.75, 3.05) is 31.9 Å². The van der Waals surface area contributed by atoms with Gasteiger partial charge in [-0.25, -0.2) is 9.07 Å². The van der Waals surface area contributed by atoms with E-state index in [1.807, 2.05) is 30.9 Å². The van der Waals surface area contributed by atoms with E-state index in [0.717, 1.165) is 44.1 Å². The first-order chi connectivity index (χ1) is 13.0. The van der Waals surface area contributed by atoms with Crippen LogP contribution in [0.1, 0.15) is 31.3 Å². The van der Waals surface area contributed by atoms with Gasteiger partial charge in [-0.2, -0.15) is 0 Å². The number of aromatic nitrogens is 4. The lowest BCUT2D eigenvalue weighted by Gasteiger charge is -2.34. The highest BCUT2D eigenvalue weighted by atomic mass is 32.2. The minimum Gasteiger partial charge on any atom is -0.339 e. The lowest BCUT2D eigenvalue weighted by molar-refractivity contribution is -0.130. The SMILES string of the molecule is CC(C)n1nnnc1CSCC(=O)N1CCN(Cc2ccc(F)cc2)CC1. The van der Waals surface area contributed by atoms with Crippen LogP contribution < -0.4 is 0 Å². The monoisotopic (exact) mass is 392 g/mol. The van der Waals surface area contributed by atoms with Gasteiger partial charge in [-0.05, 0) is 42.0 Å². The molecule has 146 valence electrons. The average molecular weight is 393 g/mol. The van der Waals surface area contributed by atoms with Crippen LogP contribution in [0.4, 0.5) is 4.39 Å². The van der Waals surface area contributed by atoms with Crippen molar-refractivity contribution in [3.63, 3.8) is 0 Å². The molecule has 0 spiro atoms. The molecule has 1 aromatic carbocycles. The fraction of sp³-hybridized carbons (Fsp3) is 0.556. The van der Waals surface area contributed by atoms with Crippen molar-refractivity contribution in [1.82, 2.24) is 30.0 Å². The molecule has 0 N–H and O–H groups in total. The van der Waals surface area contributed by atoms with Gasteiger partial charge in [-0.15, -0.1) is 16.9 Å². The van der Waals surface area contributed by atoms with Crippen LogP contribution in [0.3, 0.4) is 0 Å². The Kier molecular flexibility index (Phi) is 6.78. The number of hydrogen-bond donors (Lipinski definition) is 0. The third-order valence-electron chi connectivity index (χ3n) is 4.55. The van der Waals surface area contributed by atoms with Crippen molar-refractivity contribution < 1.29 is 9.18 Å². The van der Waals surface area contributed by atoms with E-state index in [4.69, 9.17) is 0 Å². The highest BCUT2D eigenvalue weighted by Crippen LogP contribution is 2.15. The summed E-state index contributed by atoms with van der Waals surface area (Å²) in [4.78, 5) is 16.6. The summed E-state index contributed by atoms with van der Waals surface area (Å²) in [5.41, 5.74) is 1.09. The molecule has 0 unspecified atom stereocenters. The molecular weight excluding hydrogens is 367 g/mol. The maximum atomic E-state index is 13.0. The van der Waals surface area contributed by atoms with Crippen LogP contribution in [0.15, 0.2) is 24.3 Å². The Labute approximate surface area is 162 Å². The number of benzene rings is 1. The summed E-state index contributed by atoms with van der Waals surface area (Å²) < 4.78 is 14.8. The van der Waals surface area contributed by atoms with E-state index in [-0.39, 0.29) is 17.8 Å². The van der Waals surface area contributed by atoms with Gasteiger partial charge in [0.25, 0.3) is 0 Å². The van der Waals surface area contributed by atoms with Crippen LogP contribution in [0.25, 0.3) is 0 Å². The maximum Gasteiger partial charge on any atom is 0.232 e. The normalized spacial score (nSPS) is 15.5. The molecule has 2 heterocycles. The molecule has 1 fully saturated rings. The van der Waals surface area contributed by atoms with Gasteiger partial charge in [0, 0.05) is 32.7 Å². The fourth-order valence-corrected chi connectivity index (χ4v) is 3.86. The molecule has 2 aromatic rings. The molecule has 0 bridgehead atoms. The minimum atomic E-state index is -0.214. The summed E-state index contributed by atoms with van der Waals surface area (Å²) in [5, 5.41) is 11.7. The predicted molar refractivity (Wildman–Crippen MR) is 103 cm³/mol. The third-order valence-corrected chi connectivity index (χ3v) is 5.46. The number of piperazine rings is 1. The van der Waals surface area contributed by atoms with Gasteiger partial charge in [-0.3, -0.25) is 9.69 Å². The third kappa shape index (κ3) is 5.49. The number of amides is 1. The second kappa shape index (κ2) is 9.27. The van der Waals surface area contributed by atoms with Crippen LogP contribution in [0.5, 0.6) is 0 Å². The first-order valence-electron chi connectivity index (χ1n) is 9.12. The van der Waals surface area contributed by atoms with Gasteiger partial charge in [-0.1, -0.05) is 12.1 Å². The lowest BCUT2D eigenvalue weighted by atomic mass is 10.2. The number of hydrogen-bond acceptors (Lipinski definition) is 6. The van der Waals surface area contributed by atoms with Gasteiger partial charge in [0.1, 0.15) is 5.82 Å². The Morgan fingerprint density at radius 1 is 1.19 bits per heavy atom. The van der Waals surface area contributed by atoms with Crippen LogP contribution in [0.2, 0.25) is 0 Å². The first-order valence-corrected chi connectivity index (χ1v) is 10.3. The van der Waals surface area contributed by atoms with Crippen LogP contribution >= 0.6 is 11.8 Å². The van der Waals surface area contributed by atoms with Crippen molar-refractivity contribution in [3.8, 4) is 0 Å². The number of carbonyl (C=O) groups excluding carboxylic acids is 1. The molecule has 9 heteroatoms. The molecule has 27 heavy (non-hydrogen) atoms. The first kappa shape index (κ1) is 19.8. The van der Waals surface area contributed by atoms with Gasteiger partial charge in [0.15, 0.2) is 5.82 Å². The molecule has 0 atom stereocenters. The smallest absolute Gasteiger partial charge is 0.232 e. The van der Waals surface area contributed by atoms with E-state index in [1.165, 1.54) is 12.1 Å². The number of halogens is 1. The second-order valence-corrected chi connectivity index (χ2v) is 7.90. The lowest BCUT2D eigenvalue weighted by Crippen LogP contribution is -2.48. The Morgan fingerprint density at radius 2 is 1.89 bits per heavy atom. The van der Waals surface area contributed by atoms with E-state index < -0.39 is 0 Å². The van der Waals surface area contributed by atoms with Gasteiger partial charge in [0.2, 0.25) is 5.91 Å². The fourth-order valence-electron chi connectivity index (χ4n) is 3.03. The van der Waals surface area contributed by atoms with Crippen molar-refractivity contribution >= 4 is 17.7 Å². The Bertz CT molecular complexity index is 743. The molecule has 0 radical (unpaired) electrons. The second-order valence-electron chi connectivity index (χ2n) is 6.91. The molecular formula is C18H25FN6OS. The van der Waals surface area contributed by atoms with Crippen molar-refractivity contribution in [2.24, 2.45) is 0 Å². The topological polar surface area (TPSA) is 67.2 Å². The molecule has 7 nitrogen and oxygen atoms in total. The largest absolute Gasteiger partial charge is 0.339 e. The summed E-state index contributed by atoms with van der Waals surface area (Å²) in [7, 11) is 0. The molecule has 1 aromatic heterocycles. The minimum absolute atomic E-state index is 0.157. The zero-order valence-electron chi connectivity index (χ0n) is 15.7. The quantitative estimate of drug-likeness (QED) is 0.718. The van der Waals surface area contributed by atoms with E-state index in [2.05, 4.69) is 20.4 Å². The summed E-state index contributed by atoms with van der Waals surface area (Å²) in [6, 6.07) is 6.81. The molecule has 1 aliphatic heterocycles.